The van der Waals surface area contributed by atoms with Crippen LogP contribution in [0.5, 0.6) is 0 Å². The van der Waals surface area contributed by atoms with Crippen molar-refractivity contribution in [2.45, 2.75) is 19.8 Å². The van der Waals surface area contributed by atoms with Gasteiger partial charge in [0.15, 0.2) is 0 Å². The molecule has 0 bridgehead atoms. The number of urea groups is 1. The lowest BCUT2D eigenvalue weighted by Crippen LogP contribution is -2.19. The molecule has 0 atom stereocenters. The molecular formula is C22H22N4O4. The van der Waals surface area contributed by atoms with E-state index in [0.29, 0.717) is 28.1 Å². The zero-order chi connectivity index (χ0) is 21.7. The number of H-pyrrole nitrogens is 1. The third-order valence-electron chi connectivity index (χ3n) is 4.56. The molecule has 6 N–H and O–H groups in total. The maximum Gasteiger partial charge on any atom is 0.323 e. The number of amides is 3. The monoisotopic (exact) mass is 406 g/mol. The number of aliphatic carboxylic acids is 1. The van der Waals surface area contributed by atoms with Crippen molar-refractivity contribution < 1.29 is 19.5 Å². The lowest BCUT2D eigenvalue weighted by Gasteiger charge is -2.10. The van der Waals surface area contributed by atoms with Crippen LogP contribution in [0.1, 0.15) is 28.0 Å². The summed E-state index contributed by atoms with van der Waals surface area (Å²) in [5.41, 5.74) is 9.94. The molecule has 2 aromatic carbocycles. The Kier molecular flexibility index (Phi) is 6.17. The molecular weight excluding hydrogens is 384 g/mol. The molecule has 0 aliphatic rings. The number of primary amides is 1. The van der Waals surface area contributed by atoms with Crippen LogP contribution < -0.4 is 16.4 Å². The molecule has 8 nitrogen and oxygen atoms in total. The van der Waals surface area contributed by atoms with Gasteiger partial charge in [-0.1, -0.05) is 29.8 Å². The minimum Gasteiger partial charge on any atom is -0.481 e. The maximum absolute atomic E-state index is 12.2. The Bertz CT molecular complexity index is 1070. The van der Waals surface area contributed by atoms with E-state index in [1.54, 1.807) is 30.5 Å². The van der Waals surface area contributed by atoms with Crippen molar-refractivity contribution in [3.63, 3.8) is 0 Å². The van der Waals surface area contributed by atoms with E-state index >= 15 is 0 Å². The summed E-state index contributed by atoms with van der Waals surface area (Å²) < 4.78 is 0. The predicted octanol–water partition coefficient (Wildman–Crippen LogP) is 3.75. The van der Waals surface area contributed by atoms with Crippen LogP contribution in [0.3, 0.4) is 0 Å². The minimum atomic E-state index is -0.929. The second-order valence-corrected chi connectivity index (χ2v) is 6.84. The van der Waals surface area contributed by atoms with E-state index in [4.69, 9.17) is 10.8 Å². The summed E-state index contributed by atoms with van der Waals surface area (Å²) in [5.74, 6) is -1.56. The number of hydrogen-bond acceptors (Lipinski definition) is 3. The summed E-state index contributed by atoms with van der Waals surface area (Å²) in [6.45, 7) is 1.96. The molecule has 0 saturated heterocycles. The lowest BCUT2D eigenvalue weighted by molar-refractivity contribution is -0.136. The lowest BCUT2D eigenvalue weighted by atomic mass is 9.98. The highest BCUT2D eigenvalue weighted by molar-refractivity contribution is 6.01. The summed E-state index contributed by atoms with van der Waals surface area (Å²) in [6, 6.07) is 13.9. The van der Waals surface area contributed by atoms with Crippen LogP contribution in [-0.2, 0) is 11.2 Å². The smallest absolute Gasteiger partial charge is 0.323 e. The van der Waals surface area contributed by atoms with Crippen molar-refractivity contribution in [3.05, 3.63) is 71.5 Å². The Morgan fingerprint density at radius 2 is 1.53 bits per heavy atom. The van der Waals surface area contributed by atoms with Gasteiger partial charge in [-0.05, 0) is 48.7 Å². The van der Waals surface area contributed by atoms with Crippen molar-refractivity contribution in [3.8, 4) is 11.1 Å². The van der Waals surface area contributed by atoms with Gasteiger partial charge < -0.3 is 26.5 Å². The SMILES string of the molecule is Cc1ccc(NC(=O)Nc2ccc(-c3c(CCC(=O)O)c[nH]c3C(N)=O)cc2)cc1. The first-order valence-electron chi connectivity index (χ1n) is 9.30. The van der Waals surface area contributed by atoms with Crippen molar-refractivity contribution in [1.82, 2.24) is 4.98 Å². The number of carboxylic acids is 1. The number of carbonyl (C=O) groups excluding carboxylic acids is 2. The van der Waals surface area contributed by atoms with Gasteiger partial charge in [0.05, 0.1) is 0 Å². The Morgan fingerprint density at radius 1 is 0.967 bits per heavy atom. The number of benzene rings is 2. The molecule has 0 aliphatic carbocycles. The Labute approximate surface area is 173 Å². The maximum atomic E-state index is 12.2. The number of aryl methyl sites for hydroxylation is 2. The first-order valence-corrected chi connectivity index (χ1v) is 9.30. The molecule has 0 radical (unpaired) electrons. The van der Waals surface area contributed by atoms with Gasteiger partial charge >= 0.3 is 12.0 Å². The third-order valence-corrected chi connectivity index (χ3v) is 4.56. The van der Waals surface area contributed by atoms with Gasteiger partial charge in [0.1, 0.15) is 5.69 Å². The number of anilines is 2. The largest absolute Gasteiger partial charge is 0.481 e. The first-order chi connectivity index (χ1) is 14.3. The second kappa shape index (κ2) is 8.95. The number of nitrogens with one attached hydrogen (secondary N) is 3. The number of aromatic amines is 1. The summed E-state index contributed by atoms with van der Waals surface area (Å²) in [6.07, 6.45) is 1.79. The van der Waals surface area contributed by atoms with Crippen LogP contribution in [-0.4, -0.2) is 28.0 Å². The van der Waals surface area contributed by atoms with Gasteiger partial charge in [0.2, 0.25) is 0 Å². The topological polar surface area (TPSA) is 137 Å². The van der Waals surface area contributed by atoms with E-state index in [0.717, 1.165) is 5.56 Å². The van der Waals surface area contributed by atoms with Gasteiger partial charge in [0, 0.05) is 29.6 Å². The molecule has 30 heavy (non-hydrogen) atoms. The number of carboxylic acid groups (broad SMARTS) is 1. The van der Waals surface area contributed by atoms with Crippen LogP contribution >= 0.6 is 0 Å². The van der Waals surface area contributed by atoms with Crippen LogP contribution in [0.15, 0.2) is 54.7 Å². The Hall–Kier alpha value is -4.07. The standard InChI is InChI=1S/C22H22N4O4/c1-13-2-7-16(8-3-13)25-22(30)26-17-9-4-14(5-10-17)19-15(6-11-18(27)28)12-24-20(19)21(23)29/h2-5,7-10,12,24H,6,11H2,1H3,(H2,23,29)(H,27,28)(H2,25,26,30). The van der Waals surface area contributed by atoms with Crippen molar-refractivity contribution in [2.24, 2.45) is 5.73 Å². The molecule has 3 aromatic rings. The zero-order valence-corrected chi connectivity index (χ0v) is 16.4. The Balaban J connectivity index is 1.75. The first kappa shape index (κ1) is 20.7. The molecule has 3 amide bonds. The number of aromatic nitrogens is 1. The van der Waals surface area contributed by atoms with Crippen molar-refractivity contribution in [2.75, 3.05) is 10.6 Å². The van der Waals surface area contributed by atoms with Gasteiger partial charge in [-0.2, -0.15) is 0 Å². The summed E-state index contributed by atoms with van der Waals surface area (Å²) >= 11 is 0. The fraction of sp³-hybridized carbons (Fsp3) is 0.136. The minimum absolute atomic E-state index is 0.0676. The fourth-order valence-electron chi connectivity index (χ4n) is 3.08. The van der Waals surface area contributed by atoms with Gasteiger partial charge in [0.25, 0.3) is 5.91 Å². The van der Waals surface area contributed by atoms with E-state index in [-0.39, 0.29) is 24.6 Å². The van der Waals surface area contributed by atoms with Crippen molar-refractivity contribution >= 4 is 29.3 Å². The summed E-state index contributed by atoms with van der Waals surface area (Å²) in [7, 11) is 0. The van der Waals surface area contributed by atoms with Crippen LogP contribution in [0.2, 0.25) is 0 Å². The molecule has 3 rings (SSSR count). The Morgan fingerprint density at radius 3 is 2.07 bits per heavy atom. The molecule has 0 spiro atoms. The van der Waals surface area contributed by atoms with Crippen molar-refractivity contribution in [1.29, 1.82) is 0 Å². The van der Waals surface area contributed by atoms with Gasteiger partial charge in [-0.25, -0.2) is 4.79 Å². The van der Waals surface area contributed by atoms with E-state index in [1.165, 1.54) is 0 Å². The number of rotatable bonds is 7. The molecule has 0 saturated carbocycles. The number of nitrogens with two attached hydrogens (primary N) is 1. The second-order valence-electron chi connectivity index (χ2n) is 6.84. The highest BCUT2D eigenvalue weighted by atomic mass is 16.4. The molecule has 154 valence electrons. The predicted molar refractivity (Wildman–Crippen MR) is 115 cm³/mol. The van der Waals surface area contributed by atoms with Crippen LogP contribution in [0, 0.1) is 6.92 Å². The average Bonchev–Trinajstić information content (AvgIpc) is 3.13. The van der Waals surface area contributed by atoms with Crippen LogP contribution in [0.25, 0.3) is 11.1 Å². The third kappa shape index (κ3) is 5.05. The molecule has 0 fully saturated rings. The molecule has 1 aromatic heterocycles. The summed E-state index contributed by atoms with van der Waals surface area (Å²) in [5, 5.41) is 14.4. The molecule has 0 aliphatic heterocycles. The number of carbonyl (C=O) groups is 3. The van der Waals surface area contributed by atoms with Gasteiger partial charge in [-0.3, -0.25) is 9.59 Å². The highest BCUT2D eigenvalue weighted by Crippen LogP contribution is 2.29. The zero-order valence-electron chi connectivity index (χ0n) is 16.4. The average molecular weight is 406 g/mol. The highest BCUT2D eigenvalue weighted by Gasteiger charge is 2.18. The van der Waals surface area contributed by atoms with Crippen LogP contribution in [0.4, 0.5) is 16.2 Å². The summed E-state index contributed by atoms with van der Waals surface area (Å²) in [4.78, 5) is 37.7. The van der Waals surface area contributed by atoms with Gasteiger partial charge in [-0.15, -0.1) is 0 Å². The molecule has 1 heterocycles. The van der Waals surface area contributed by atoms with E-state index in [9.17, 15) is 14.4 Å². The van der Waals surface area contributed by atoms with E-state index in [1.807, 2.05) is 31.2 Å². The quantitative estimate of drug-likeness (QED) is 0.408. The van der Waals surface area contributed by atoms with E-state index < -0.39 is 11.9 Å². The van der Waals surface area contributed by atoms with E-state index in [2.05, 4.69) is 15.6 Å². The normalized spacial score (nSPS) is 10.4. The molecule has 0 unspecified atom stereocenters. The number of hydrogen-bond donors (Lipinski definition) is 5. The molecule has 8 heteroatoms. The fourth-order valence-corrected chi connectivity index (χ4v) is 3.08.